The fourth-order valence-electron chi connectivity index (χ4n) is 3.03. The minimum atomic E-state index is 0.772. The Labute approximate surface area is 99.5 Å². The molecule has 16 heavy (non-hydrogen) atoms. The Bertz CT molecular complexity index is 182. The first-order valence-corrected chi connectivity index (χ1v) is 7.02. The second-order valence-electron chi connectivity index (χ2n) is 5.55. The van der Waals surface area contributed by atoms with E-state index in [9.17, 15) is 0 Å². The second kappa shape index (κ2) is 6.58. The minimum Gasteiger partial charge on any atom is -0.330 e. The van der Waals surface area contributed by atoms with E-state index in [-0.39, 0.29) is 0 Å². The van der Waals surface area contributed by atoms with Crippen LogP contribution in [0.2, 0.25) is 0 Å². The quantitative estimate of drug-likeness (QED) is 0.671. The van der Waals surface area contributed by atoms with Gasteiger partial charge in [-0.2, -0.15) is 0 Å². The molecule has 3 heteroatoms. The monoisotopic (exact) mass is 225 g/mol. The summed E-state index contributed by atoms with van der Waals surface area (Å²) < 4.78 is 0. The van der Waals surface area contributed by atoms with Crippen LogP contribution in [-0.4, -0.2) is 32.2 Å². The van der Waals surface area contributed by atoms with Crippen molar-refractivity contribution in [3.05, 3.63) is 0 Å². The molecule has 0 aromatic heterocycles. The Balaban J connectivity index is 1.59. The highest BCUT2D eigenvalue weighted by Crippen LogP contribution is 2.27. The van der Waals surface area contributed by atoms with Gasteiger partial charge in [-0.1, -0.05) is 0 Å². The summed E-state index contributed by atoms with van der Waals surface area (Å²) in [5, 5.41) is 7.17. The van der Waals surface area contributed by atoms with Crippen molar-refractivity contribution in [3.63, 3.8) is 0 Å². The molecule has 2 fully saturated rings. The first-order valence-electron chi connectivity index (χ1n) is 7.02. The summed E-state index contributed by atoms with van der Waals surface area (Å²) in [4.78, 5) is 0. The van der Waals surface area contributed by atoms with E-state index in [0.29, 0.717) is 0 Å². The van der Waals surface area contributed by atoms with Crippen LogP contribution in [0.25, 0.3) is 0 Å². The maximum absolute atomic E-state index is 5.72. The topological polar surface area (TPSA) is 50.1 Å². The van der Waals surface area contributed by atoms with Crippen LogP contribution < -0.4 is 16.4 Å². The number of nitrogens with two attached hydrogens (primary N) is 1. The van der Waals surface area contributed by atoms with E-state index in [1.54, 1.807) is 0 Å². The summed E-state index contributed by atoms with van der Waals surface area (Å²) >= 11 is 0. The predicted molar refractivity (Wildman–Crippen MR) is 68.4 cm³/mol. The van der Waals surface area contributed by atoms with Gasteiger partial charge >= 0.3 is 0 Å². The van der Waals surface area contributed by atoms with Crippen molar-refractivity contribution in [1.82, 2.24) is 10.6 Å². The summed E-state index contributed by atoms with van der Waals surface area (Å²) in [6.07, 6.45) is 8.10. The van der Waals surface area contributed by atoms with Crippen molar-refractivity contribution < 1.29 is 0 Å². The van der Waals surface area contributed by atoms with Gasteiger partial charge in [0.05, 0.1) is 0 Å². The van der Waals surface area contributed by atoms with Crippen LogP contribution >= 0.6 is 0 Å². The molecule has 1 aliphatic carbocycles. The highest BCUT2D eigenvalue weighted by molar-refractivity contribution is 4.78. The molecule has 1 aliphatic heterocycles. The van der Waals surface area contributed by atoms with Gasteiger partial charge in [0.15, 0.2) is 0 Å². The molecule has 0 atom stereocenters. The van der Waals surface area contributed by atoms with E-state index in [0.717, 1.165) is 24.4 Å². The molecule has 0 aromatic carbocycles. The zero-order chi connectivity index (χ0) is 11.2. The molecule has 1 saturated carbocycles. The highest BCUT2D eigenvalue weighted by atomic mass is 15.0. The van der Waals surface area contributed by atoms with Gasteiger partial charge in [0.2, 0.25) is 0 Å². The Hall–Kier alpha value is -0.120. The Kier molecular flexibility index (Phi) is 5.07. The fourth-order valence-corrected chi connectivity index (χ4v) is 3.03. The molecular weight excluding hydrogens is 198 g/mol. The largest absolute Gasteiger partial charge is 0.330 e. The first kappa shape index (κ1) is 12.3. The molecule has 0 aromatic rings. The van der Waals surface area contributed by atoms with Gasteiger partial charge < -0.3 is 16.4 Å². The molecule has 2 aliphatic rings. The molecule has 0 radical (unpaired) electrons. The van der Waals surface area contributed by atoms with Gasteiger partial charge in [0.25, 0.3) is 0 Å². The van der Waals surface area contributed by atoms with Crippen molar-refractivity contribution in [1.29, 1.82) is 0 Å². The molecular formula is C13H27N3. The number of nitrogens with one attached hydrogen (secondary N) is 2. The lowest BCUT2D eigenvalue weighted by molar-refractivity contribution is 0.257. The summed E-state index contributed by atoms with van der Waals surface area (Å²) in [5.74, 6) is 1.73. The van der Waals surface area contributed by atoms with Crippen molar-refractivity contribution in [2.24, 2.45) is 17.6 Å². The summed E-state index contributed by atoms with van der Waals surface area (Å²) in [7, 11) is 0. The summed E-state index contributed by atoms with van der Waals surface area (Å²) in [6, 6.07) is 0.772. The van der Waals surface area contributed by atoms with Crippen molar-refractivity contribution in [2.75, 3.05) is 26.2 Å². The minimum absolute atomic E-state index is 0.772. The van der Waals surface area contributed by atoms with E-state index in [1.165, 1.54) is 58.2 Å². The average Bonchev–Trinajstić information content (AvgIpc) is 2.38. The summed E-state index contributed by atoms with van der Waals surface area (Å²) in [5.41, 5.74) is 5.72. The first-order chi connectivity index (χ1) is 7.88. The second-order valence-corrected chi connectivity index (χ2v) is 5.55. The third-order valence-corrected chi connectivity index (χ3v) is 4.33. The normalized spacial score (nSPS) is 32.8. The maximum Gasteiger partial charge on any atom is 0.00913 e. The smallest absolute Gasteiger partial charge is 0.00913 e. The molecule has 94 valence electrons. The molecule has 1 saturated heterocycles. The fraction of sp³-hybridized carbons (Fsp3) is 1.00. The molecule has 2 rings (SSSR count). The Morgan fingerprint density at radius 2 is 1.56 bits per heavy atom. The SMILES string of the molecule is NCC1CCC(CNC2CCNCC2)CC1. The van der Waals surface area contributed by atoms with Crippen LogP contribution in [0.3, 0.4) is 0 Å². The van der Waals surface area contributed by atoms with Crippen molar-refractivity contribution >= 4 is 0 Å². The predicted octanol–water partition coefficient (Wildman–Crippen LogP) is 1.09. The molecule has 0 amide bonds. The van der Waals surface area contributed by atoms with Gasteiger partial charge in [-0.15, -0.1) is 0 Å². The maximum atomic E-state index is 5.72. The highest BCUT2D eigenvalue weighted by Gasteiger charge is 2.21. The van der Waals surface area contributed by atoms with Gasteiger partial charge in [0.1, 0.15) is 0 Å². The van der Waals surface area contributed by atoms with E-state index >= 15 is 0 Å². The zero-order valence-corrected chi connectivity index (χ0v) is 10.4. The van der Waals surface area contributed by atoms with Gasteiger partial charge in [-0.05, 0) is 76.5 Å². The lowest BCUT2D eigenvalue weighted by Gasteiger charge is -2.30. The summed E-state index contributed by atoms with van der Waals surface area (Å²) in [6.45, 7) is 4.52. The standard InChI is InChI=1S/C13H27N3/c14-9-11-1-3-12(4-2-11)10-16-13-5-7-15-8-6-13/h11-13,15-16H,1-10,14H2. The Morgan fingerprint density at radius 1 is 0.938 bits per heavy atom. The lowest BCUT2D eigenvalue weighted by atomic mass is 9.82. The van der Waals surface area contributed by atoms with Gasteiger partial charge in [-0.25, -0.2) is 0 Å². The average molecular weight is 225 g/mol. The van der Waals surface area contributed by atoms with Crippen molar-refractivity contribution in [2.45, 2.75) is 44.6 Å². The zero-order valence-electron chi connectivity index (χ0n) is 10.4. The van der Waals surface area contributed by atoms with Gasteiger partial charge in [-0.3, -0.25) is 0 Å². The molecule has 4 N–H and O–H groups in total. The van der Waals surface area contributed by atoms with Gasteiger partial charge in [0, 0.05) is 6.04 Å². The van der Waals surface area contributed by atoms with E-state index < -0.39 is 0 Å². The molecule has 0 bridgehead atoms. The lowest BCUT2D eigenvalue weighted by Crippen LogP contribution is -2.42. The number of rotatable bonds is 4. The Morgan fingerprint density at radius 3 is 2.19 bits per heavy atom. The van der Waals surface area contributed by atoms with Crippen LogP contribution in [0, 0.1) is 11.8 Å². The van der Waals surface area contributed by atoms with E-state index in [2.05, 4.69) is 10.6 Å². The number of hydrogen-bond acceptors (Lipinski definition) is 3. The van der Waals surface area contributed by atoms with Crippen LogP contribution in [-0.2, 0) is 0 Å². The van der Waals surface area contributed by atoms with E-state index in [1.807, 2.05) is 0 Å². The van der Waals surface area contributed by atoms with Crippen LogP contribution in [0.5, 0.6) is 0 Å². The molecule has 1 heterocycles. The van der Waals surface area contributed by atoms with Crippen LogP contribution in [0.15, 0.2) is 0 Å². The number of piperidine rings is 1. The van der Waals surface area contributed by atoms with Crippen LogP contribution in [0.1, 0.15) is 38.5 Å². The van der Waals surface area contributed by atoms with Crippen molar-refractivity contribution in [3.8, 4) is 0 Å². The molecule has 0 unspecified atom stereocenters. The molecule has 0 spiro atoms. The third-order valence-electron chi connectivity index (χ3n) is 4.33. The third kappa shape index (κ3) is 3.72. The van der Waals surface area contributed by atoms with E-state index in [4.69, 9.17) is 5.73 Å². The number of hydrogen-bond donors (Lipinski definition) is 3. The van der Waals surface area contributed by atoms with Crippen LogP contribution in [0.4, 0.5) is 0 Å². The molecule has 3 nitrogen and oxygen atoms in total.